The Morgan fingerprint density at radius 1 is 1.29 bits per heavy atom. The third kappa shape index (κ3) is 3.19. The Labute approximate surface area is 113 Å². The number of anilines is 2. The van der Waals surface area contributed by atoms with Crippen LogP contribution in [0.4, 0.5) is 11.4 Å². The van der Waals surface area contributed by atoms with E-state index < -0.39 is 0 Å². The molecule has 0 saturated carbocycles. The van der Waals surface area contributed by atoms with Gasteiger partial charge in [-0.15, -0.1) is 0 Å². The molecule has 0 spiro atoms. The van der Waals surface area contributed by atoms with E-state index in [1.807, 2.05) is 30.3 Å². The quantitative estimate of drug-likeness (QED) is 0.908. The minimum Gasteiger partial charge on any atom is -0.353 e. The summed E-state index contributed by atoms with van der Waals surface area (Å²) in [6.07, 6.45) is 1.74. The predicted octanol–water partition coefficient (Wildman–Crippen LogP) is 3.70. The van der Waals surface area contributed by atoms with Crippen molar-refractivity contribution in [3.05, 3.63) is 51.7 Å². The van der Waals surface area contributed by atoms with Gasteiger partial charge >= 0.3 is 0 Å². The zero-order chi connectivity index (χ0) is 12.3. The number of nitrogens with one attached hydrogen (secondary N) is 1. The smallest absolute Gasteiger partial charge is 0.0652 e. The van der Waals surface area contributed by atoms with Crippen molar-refractivity contribution in [3.8, 4) is 0 Å². The van der Waals surface area contributed by atoms with Crippen LogP contribution in [0.3, 0.4) is 0 Å². The molecule has 0 radical (unpaired) electrons. The van der Waals surface area contributed by atoms with E-state index in [1.165, 1.54) is 0 Å². The second-order valence-electron chi connectivity index (χ2n) is 3.49. The van der Waals surface area contributed by atoms with Crippen molar-refractivity contribution >= 4 is 38.9 Å². The average Bonchev–Trinajstić information content (AvgIpc) is 2.34. The second kappa shape index (κ2) is 5.49. The van der Waals surface area contributed by atoms with Crippen molar-refractivity contribution in [2.45, 2.75) is 6.54 Å². The topological polar surface area (TPSA) is 50.9 Å². The van der Waals surface area contributed by atoms with Crippen LogP contribution in [0.5, 0.6) is 0 Å². The van der Waals surface area contributed by atoms with Gasteiger partial charge in [0.1, 0.15) is 0 Å². The van der Waals surface area contributed by atoms with Crippen LogP contribution in [0, 0.1) is 0 Å². The summed E-state index contributed by atoms with van der Waals surface area (Å²) in [6, 6.07) is 9.48. The van der Waals surface area contributed by atoms with Gasteiger partial charge in [-0.25, -0.2) is 0 Å². The van der Waals surface area contributed by atoms with E-state index >= 15 is 0 Å². The molecular formula is C12H11BrClN3. The molecule has 3 nitrogen and oxygen atoms in total. The minimum absolute atomic E-state index is 0.444. The lowest BCUT2D eigenvalue weighted by atomic mass is 10.3. The van der Waals surface area contributed by atoms with E-state index in [-0.39, 0.29) is 0 Å². The van der Waals surface area contributed by atoms with Gasteiger partial charge in [0.15, 0.2) is 0 Å². The standard InChI is InChI=1S/C12H11BrClN3/c13-8-1-4-12(11(14)5-8)17-10-3-2-9(6-15)16-7-10/h1-5,7,17H,6,15H2. The van der Waals surface area contributed by atoms with Gasteiger partial charge in [0.25, 0.3) is 0 Å². The molecule has 0 atom stereocenters. The Bertz CT molecular complexity index is 514. The first-order chi connectivity index (χ1) is 8.19. The minimum atomic E-state index is 0.444. The lowest BCUT2D eigenvalue weighted by molar-refractivity contribution is 0.991. The largest absolute Gasteiger partial charge is 0.353 e. The zero-order valence-electron chi connectivity index (χ0n) is 8.95. The van der Waals surface area contributed by atoms with E-state index in [2.05, 4.69) is 26.2 Å². The SMILES string of the molecule is NCc1ccc(Nc2ccc(Br)cc2Cl)cn1. The molecular weight excluding hydrogens is 302 g/mol. The van der Waals surface area contributed by atoms with Crippen LogP contribution in [0.2, 0.25) is 5.02 Å². The van der Waals surface area contributed by atoms with E-state index in [0.29, 0.717) is 11.6 Å². The highest BCUT2D eigenvalue weighted by molar-refractivity contribution is 9.10. The van der Waals surface area contributed by atoms with Crippen molar-refractivity contribution in [1.29, 1.82) is 0 Å². The fourth-order valence-corrected chi connectivity index (χ4v) is 2.09. The number of hydrogen-bond acceptors (Lipinski definition) is 3. The van der Waals surface area contributed by atoms with Crippen molar-refractivity contribution in [1.82, 2.24) is 4.98 Å². The monoisotopic (exact) mass is 311 g/mol. The van der Waals surface area contributed by atoms with Gasteiger partial charge in [0.05, 0.1) is 28.3 Å². The van der Waals surface area contributed by atoms with Gasteiger partial charge in [-0.05, 0) is 30.3 Å². The summed E-state index contributed by atoms with van der Waals surface area (Å²) in [5.41, 5.74) is 8.07. The molecule has 1 aromatic heterocycles. The zero-order valence-corrected chi connectivity index (χ0v) is 11.3. The van der Waals surface area contributed by atoms with Gasteiger partial charge in [0.2, 0.25) is 0 Å². The molecule has 0 aliphatic heterocycles. The molecule has 1 aromatic carbocycles. The summed E-state index contributed by atoms with van der Waals surface area (Å²) in [4.78, 5) is 4.20. The maximum Gasteiger partial charge on any atom is 0.0652 e. The molecule has 2 rings (SSSR count). The van der Waals surface area contributed by atoms with E-state index in [4.69, 9.17) is 17.3 Å². The van der Waals surface area contributed by atoms with Gasteiger partial charge < -0.3 is 11.1 Å². The third-order valence-electron chi connectivity index (χ3n) is 2.24. The van der Waals surface area contributed by atoms with E-state index in [9.17, 15) is 0 Å². The second-order valence-corrected chi connectivity index (χ2v) is 4.81. The summed E-state index contributed by atoms with van der Waals surface area (Å²) in [5, 5.41) is 3.85. The molecule has 88 valence electrons. The Morgan fingerprint density at radius 3 is 2.71 bits per heavy atom. The number of nitrogens with zero attached hydrogens (tertiary/aromatic N) is 1. The van der Waals surface area contributed by atoms with Crippen LogP contribution in [0.1, 0.15) is 5.69 Å². The Balaban J connectivity index is 2.19. The number of rotatable bonds is 3. The molecule has 0 aliphatic carbocycles. The van der Waals surface area contributed by atoms with Crippen molar-refractivity contribution in [2.24, 2.45) is 5.73 Å². The summed E-state index contributed by atoms with van der Waals surface area (Å²) in [7, 11) is 0. The normalized spacial score (nSPS) is 10.3. The molecule has 0 fully saturated rings. The highest BCUT2D eigenvalue weighted by Crippen LogP contribution is 2.28. The number of halogens is 2. The van der Waals surface area contributed by atoms with Gasteiger partial charge in [0, 0.05) is 11.0 Å². The predicted molar refractivity (Wildman–Crippen MR) is 74.6 cm³/mol. The highest BCUT2D eigenvalue weighted by Gasteiger charge is 2.01. The fraction of sp³-hybridized carbons (Fsp3) is 0.0833. The average molecular weight is 313 g/mol. The third-order valence-corrected chi connectivity index (χ3v) is 3.05. The lowest BCUT2D eigenvalue weighted by Gasteiger charge is -2.08. The number of nitrogens with two attached hydrogens (primary N) is 1. The summed E-state index contributed by atoms with van der Waals surface area (Å²) in [6.45, 7) is 0.444. The molecule has 0 aliphatic rings. The van der Waals surface area contributed by atoms with Gasteiger partial charge in [-0.3, -0.25) is 4.98 Å². The molecule has 2 aromatic rings. The van der Waals surface area contributed by atoms with Crippen LogP contribution in [-0.2, 0) is 6.54 Å². The summed E-state index contributed by atoms with van der Waals surface area (Å²) >= 11 is 9.47. The molecule has 0 unspecified atom stereocenters. The maximum absolute atomic E-state index is 6.11. The number of aromatic nitrogens is 1. The molecule has 3 N–H and O–H groups in total. The van der Waals surface area contributed by atoms with Gasteiger partial charge in [-0.2, -0.15) is 0 Å². The number of hydrogen-bond donors (Lipinski definition) is 2. The van der Waals surface area contributed by atoms with Crippen LogP contribution in [0.15, 0.2) is 41.0 Å². The first-order valence-electron chi connectivity index (χ1n) is 5.06. The van der Waals surface area contributed by atoms with Crippen LogP contribution in [-0.4, -0.2) is 4.98 Å². The Hall–Kier alpha value is -1.10. The molecule has 0 saturated heterocycles. The van der Waals surface area contributed by atoms with E-state index in [1.54, 1.807) is 6.20 Å². The van der Waals surface area contributed by atoms with Crippen molar-refractivity contribution in [2.75, 3.05) is 5.32 Å². The molecule has 17 heavy (non-hydrogen) atoms. The fourth-order valence-electron chi connectivity index (χ4n) is 1.37. The van der Waals surface area contributed by atoms with Crippen LogP contribution in [0.25, 0.3) is 0 Å². The van der Waals surface area contributed by atoms with Crippen LogP contribution < -0.4 is 11.1 Å². The first-order valence-corrected chi connectivity index (χ1v) is 6.23. The van der Waals surface area contributed by atoms with Crippen molar-refractivity contribution < 1.29 is 0 Å². The lowest BCUT2D eigenvalue weighted by Crippen LogP contribution is -1.99. The first kappa shape index (κ1) is 12.4. The van der Waals surface area contributed by atoms with Crippen LogP contribution >= 0.6 is 27.5 Å². The summed E-state index contributed by atoms with van der Waals surface area (Å²) in [5.74, 6) is 0. The van der Waals surface area contributed by atoms with E-state index in [0.717, 1.165) is 21.5 Å². The Kier molecular flexibility index (Phi) is 3.99. The maximum atomic E-state index is 6.11. The molecule has 0 amide bonds. The summed E-state index contributed by atoms with van der Waals surface area (Å²) < 4.78 is 0.949. The number of pyridine rings is 1. The molecule has 5 heteroatoms. The number of benzene rings is 1. The highest BCUT2D eigenvalue weighted by atomic mass is 79.9. The molecule has 0 bridgehead atoms. The van der Waals surface area contributed by atoms with Crippen molar-refractivity contribution in [3.63, 3.8) is 0 Å². The Morgan fingerprint density at radius 2 is 2.12 bits per heavy atom. The molecule has 1 heterocycles. The van der Waals surface area contributed by atoms with Gasteiger partial charge in [-0.1, -0.05) is 27.5 Å².